The van der Waals surface area contributed by atoms with Gasteiger partial charge in [-0.25, -0.2) is 8.42 Å². The van der Waals surface area contributed by atoms with Crippen LogP contribution < -0.4 is 0 Å². The van der Waals surface area contributed by atoms with E-state index in [-0.39, 0.29) is 35.8 Å². The van der Waals surface area contributed by atoms with Crippen LogP contribution in [0.15, 0.2) is 59.5 Å². The first-order valence-electron chi connectivity index (χ1n) is 8.18. The number of rotatable bonds is 5. The summed E-state index contributed by atoms with van der Waals surface area (Å²) in [4.78, 5) is 24.1. The normalized spacial score (nSPS) is 20.8. The zero-order valence-electron chi connectivity index (χ0n) is 14.3. The molecule has 7 heteroatoms. The van der Waals surface area contributed by atoms with Crippen LogP contribution in [0.3, 0.4) is 0 Å². The summed E-state index contributed by atoms with van der Waals surface area (Å²) in [6.07, 6.45) is 0.233. The van der Waals surface area contributed by atoms with Crippen LogP contribution in [0.4, 0.5) is 0 Å². The van der Waals surface area contributed by atoms with Crippen molar-refractivity contribution in [3.8, 4) is 0 Å². The second-order valence-electron chi connectivity index (χ2n) is 6.65. The predicted octanol–water partition coefficient (Wildman–Crippen LogP) is 2.40. The summed E-state index contributed by atoms with van der Waals surface area (Å²) in [5, 5.41) is 9.34. The van der Waals surface area contributed by atoms with Gasteiger partial charge in [-0.3, -0.25) is 9.59 Å². The number of hydrogen-bond donors (Lipinski definition) is 1. The number of hydrogen-bond acceptors (Lipinski definition) is 4. The Morgan fingerprint density at radius 3 is 2.27 bits per heavy atom. The third-order valence-electron chi connectivity index (χ3n) is 4.74. The van der Waals surface area contributed by atoms with Crippen molar-refractivity contribution in [1.82, 2.24) is 4.31 Å². The molecule has 1 atom stereocenters. The second kappa shape index (κ2) is 6.66. The Hall–Kier alpha value is -2.51. The van der Waals surface area contributed by atoms with E-state index in [1.807, 2.05) is 0 Å². The van der Waals surface area contributed by atoms with Crippen LogP contribution in [0.2, 0.25) is 0 Å². The molecule has 0 aliphatic carbocycles. The summed E-state index contributed by atoms with van der Waals surface area (Å²) in [6, 6.07) is 14.5. The van der Waals surface area contributed by atoms with Crippen LogP contribution in [0.5, 0.6) is 0 Å². The molecule has 136 valence electrons. The lowest BCUT2D eigenvalue weighted by Crippen LogP contribution is -2.35. The monoisotopic (exact) mass is 373 g/mol. The van der Waals surface area contributed by atoms with E-state index in [9.17, 15) is 23.1 Å². The Labute approximate surface area is 152 Å². The lowest BCUT2D eigenvalue weighted by atomic mass is 9.90. The molecule has 0 aromatic heterocycles. The van der Waals surface area contributed by atoms with Gasteiger partial charge in [0.1, 0.15) is 0 Å². The summed E-state index contributed by atoms with van der Waals surface area (Å²) in [5.74, 6) is -1.41. The van der Waals surface area contributed by atoms with Gasteiger partial charge < -0.3 is 5.11 Å². The minimum Gasteiger partial charge on any atom is -0.481 e. The Morgan fingerprint density at radius 1 is 1.04 bits per heavy atom. The Morgan fingerprint density at radius 2 is 1.65 bits per heavy atom. The fraction of sp³-hybridized carbons (Fsp3) is 0.263. The summed E-state index contributed by atoms with van der Waals surface area (Å²) in [6.45, 7) is 1.53. The van der Waals surface area contributed by atoms with Gasteiger partial charge in [-0.05, 0) is 25.5 Å². The van der Waals surface area contributed by atoms with Crippen LogP contribution in [0.1, 0.15) is 29.3 Å². The number of carbonyl (C=O) groups excluding carboxylic acids is 1. The van der Waals surface area contributed by atoms with E-state index in [1.54, 1.807) is 42.5 Å². The number of ketones is 1. The topological polar surface area (TPSA) is 91.8 Å². The molecule has 6 nitrogen and oxygen atoms in total. The van der Waals surface area contributed by atoms with Crippen LogP contribution >= 0.6 is 0 Å². The molecule has 0 saturated carbocycles. The number of carbonyl (C=O) groups is 2. The van der Waals surface area contributed by atoms with Crippen molar-refractivity contribution >= 4 is 21.8 Å². The second-order valence-corrected chi connectivity index (χ2v) is 8.55. The highest BCUT2D eigenvalue weighted by Gasteiger charge is 2.45. The lowest BCUT2D eigenvalue weighted by Gasteiger charge is -2.21. The van der Waals surface area contributed by atoms with Crippen LogP contribution in [-0.4, -0.2) is 42.7 Å². The van der Waals surface area contributed by atoms with Gasteiger partial charge in [0.25, 0.3) is 0 Å². The first-order chi connectivity index (χ1) is 12.3. The Bertz CT molecular complexity index is 955. The molecule has 2 aromatic carbocycles. The zero-order chi connectivity index (χ0) is 18.9. The van der Waals surface area contributed by atoms with E-state index in [4.69, 9.17) is 0 Å². The molecule has 1 heterocycles. The summed E-state index contributed by atoms with van der Waals surface area (Å²) < 4.78 is 27.3. The van der Waals surface area contributed by atoms with Gasteiger partial charge in [0, 0.05) is 24.2 Å². The lowest BCUT2D eigenvalue weighted by molar-refractivity contribution is -0.146. The first-order valence-corrected chi connectivity index (χ1v) is 9.62. The van der Waals surface area contributed by atoms with E-state index in [2.05, 4.69) is 0 Å². The SMILES string of the molecule is CC1(C(=O)O)CCN(S(=O)(=O)c2ccccc2C(=O)c2ccccc2)C1. The van der Waals surface area contributed by atoms with Crippen molar-refractivity contribution in [1.29, 1.82) is 0 Å². The molecule has 1 aliphatic rings. The van der Waals surface area contributed by atoms with E-state index < -0.39 is 21.4 Å². The molecule has 1 fully saturated rings. The van der Waals surface area contributed by atoms with E-state index in [1.165, 1.54) is 19.1 Å². The molecule has 3 rings (SSSR count). The van der Waals surface area contributed by atoms with Crippen molar-refractivity contribution in [3.63, 3.8) is 0 Å². The molecule has 0 radical (unpaired) electrons. The van der Waals surface area contributed by atoms with Crippen molar-refractivity contribution in [2.45, 2.75) is 18.2 Å². The average Bonchev–Trinajstić information content (AvgIpc) is 3.06. The standard InChI is InChI=1S/C19H19NO5S/c1-19(18(22)23)11-12-20(13-19)26(24,25)16-10-6-5-9-15(16)17(21)14-7-3-2-4-8-14/h2-10H,11-13H2,1H3,(H,22,23). The van der Waals surface area contributed by atoms with Crippen LogP contribution in [0.25, 0.3) is 0 Å². The van der Waals surface area contributed by atoms with Gasteiger partial charge in [0.15, 0.2) is 5.78 Å². The molecule has 0 bridgehead atoms. The predicted molar refractivity (Wildman–Crippen MR) is 95.4 cm³/mol. The number of sulfonamides is 1. The Balaban J connectivity index is 2.00. The Kier molecular flexibility index (Phi) is 4.68. The van der Waals surface area contributed by atoms with Gasteiger partial charge in [-0.15, -0.1) is 0 Å². The van der Waals surface area contributed by atoms with Gasteiger partial charge in [0.05, 0.1) is 10.3 Å². The molecule has 1 unspecified atom stereocenters. The van der Waals surface area contributed by atoms with Gasteiger partial charge in [-0.2, -0.15) is 4.31 Å². The van der Waals surface area contributed by atoms with Crippen molar-refractivity contribution in [2.75, 3.05) is 13.1 Å². The highest BCUT2D eigenvalue weighted by atomic mass is 32.2. The molecule has 0 amide bonds. The molecule has 0 spiro atoms. The smallest absolute Gasteiger partial charge is 0.310 e. The molecular weight excluding hydrogens is 354 g/mol. The highest BCUT2D eigenvalue weighted by molar-refractivity contribution is 7.89. The maximum atomic E-state index is 13.1. The highest BCUT2D eigenvalue weighted by Crippen LogP contribution is 2.34. The molecule has 1 saturated heterocycles. The summed E-state index contributed by atoms with van der Waals surface area (Å²) >= 11 is 0. The molecule has 1 aliphatic heterocycles. The number of benzene rings is 2. The number of carboxylic acid groups (broad SMARTS) is 1. The van der Waals surface area contributed by atoms with Crippen molar-refractivity contribution < 1.29 is 23.1 Å². The molecule has 1 N–H and O–H groups in total. The van der Waals surface area contributed by atoms with Gasteiger partial charge >= 0.3 is 5.97 Å². The third-order valence-corrected chi connectivity index (χ3v) is 6.64. The third kappa shape index (κ3) is 3.15. The van der Waals surface area contributed by atoms with Crippen molar-refractivity contribution in [2.24, 2.45) is 5.41 Å². The number of carboxylic acids is 1. The number of aliphatic carboxylic acids is 1. The quantitative estimate of drug-likeness (QED) is 0.813. The van der Waals surface area contributed by atoms with E-state index in [0.717, 1.165) is 4.31 Å². The summed E-state index contributed by atoms with van der Waals surface area (Å²) in [5.41, 5.74) is -0.639. The maximum Gasteiger partial charge on any atom is 0.310 e. The van der Waals surface area contributed by atoms with E-state index in [0.29, 0.717) is 5.56 Å². The molecule has 26 heavy (non-hydrogen) atoms. The fourth-order valence-electron chi connectivity index (χ4n) is 3.06. The average molecular weight is 373 g/mol. The van der Waals surface area contributed by atoms with Crippen molar-refractivity contribution in [3.05, 3.63) is 65.7 Å². The molecular formula is C19H19NO5S. The van der Waals surface area contributed by atoms with Gasteiger partial charge in [0.2, 0.25) is 10.0 Å². The zero-order valence-corrected chi connectivity index (χ0v) is 15.1. The van der Waals surface area contributed by atoms with Gasteiger partial charge in [-0.1, -0.05) is 42.5 Å². The summed E-state index contributed by atoms with van der Waals surface area (Å²) in [7, 11) is -3.98. The first kappa shape index (κ1) is 18.3. The largest absolute Gasteiger partial charge is 0.481 e. The molecule has 2 aromatic rings. The minimum absolute atomic E-state index is 0.0858. The van der Waals surface area contributed by atoms with E-state index >= 15 is 0 Å². The van der Waals surface area contributed by atoms with Crippen LogP contribution in [0, 0.1) is 5.41 Å². The maximum absolute atomic E-state index is 13.1. The fourth-order valence-corrected chi connectivity index (χ4v) is 4.82. The minimum atomic E-state index is -3.98. The number of nitrogens with zero attached hydrogens (tertiary/aromatic N) is 1. The van der Waals surface area contributed by atoms with Crippen LogP contribution in [-0.2, 0) is 14.8 Å².